The van der Waals surface area contributed by atoms with Crippen LogP contribution in [0.3, 0.4) is 0 Å². The molecule has 5 heteroatoms. The molecule has 1 atom stereocenters. The van der Waals surface area contributed by atoms with Crippen LogP contribution < -0.4 is 19.7 Å². The van der Waals surface area contributed by atoms with E-state index in [0.717, 1.165) is 37.4 Å². The fourth-order valence-electron chi connectivity index (χ4n) is 3.89. The number of fused-ring (bicyclic) bond motifs is 1. The quantitative estimate of drug-likeness (QED) is 0.718. The smallest absolute Gasteiger partial charge is 0.275 e. The van der Waals surface area contributed by atoms with E-state index >= 15 is 0 Å². The fourth-order valence-corrected chi connectivity index (χ4v) is 3.89. The molecule has 1 aliphatic rings. The second-order valence-electron chi connectivity index (χ2n) is 8.08. The maximum absolute atomic E-state index is 12.4. The highest BCUT2D eigenvalue weighted by atomic mass is 16.5. The summed E-state index contributed by atoms with van der Waals surface area (Å²) in [6.07, 6.45) is 1.81. The van der Waals surface area contributed by atoms with Gasteiger partial charge in [-0.25, -0.2) is 0 Å². The first-order chi connectivity index (χ1) is 14.0. The monoisotopic (exact) mass is 397 g/mol. The molecule has 0 saturated heterocycles. The fraction of sp³-hybridized carbons (Fsp3) is 0.458. The van der Waals surface area contributed by atoms with E-state index in [9.17, 15) is 4.79 Å². The molecule has 2 aromatic carbocycles. The molecule has 156 valence electrons. The van der Waals surface area contributed by atoms with E-state index in [2.05, 4.69) is 49.5 Å². The van der Waals surface area contributed by atoms with Crippen molar-refractivity contribution in [2.24, 2.45) is 0 Å². The van der Waals surface area contributed by atoms with Crippen LogP contribution in [0.5, 0.6) is 11.5 Å². The van der Waals surface area contributed by atoms with Crippen molar-refractivity contribution in [3.8, 4) is 11.5 Å². The van der Waals surface area contributed by atoms with Gasteiger partial charge in [0.2, 0.25) is 0 Å². The van der Waals surface area contributed by atoms with Crippen molar-refractivity contribution in [3.63, 3.8) is 0 Å². The van der Waals surface area contributed by atoms with Crippen LogP contribution in [0.15, 0.2) is 36.4 Å². The predicted molar refractivity (Wildman–Crippen MR) is 115 cm³/mol. The van der Waals surface area contributed by atoms with Crippen LogP contribution in [0.25, 0.3) is 0 Å². The average molecular weight is 398 g/mol. The maximum Gasteiger partial charge on any atom is 0.275 e. The Bertz CT molecular complexity index is 831. The van der Waals surface area contributed by atoms with Crippen molar-refractivity contribution < 1.29 is 19.2 Å². The van der Waals surface area contributed by atoms with Gasteiger partial charge in [-0.1, -0.05) is 38.1 Å². The van der Waals surface area contributed by atoms with Crippen LogP contribution >= 0.6 is 0 Å². The van der Waals surface area contributed by atoms with Crippen molar-refractivity contribution in [2.45, 2.75) is 39.2 Å². The molecule has 0 radical (unpaired) electrons. The van der Waals surface area contributed by atoms with E-state index in [1.54, 1.807) is 14.2 Å². The van der Waals surface area contributed by atoms with E-state index in [0.29, 0.717) is 19.0 Å². The lowest BCUT2D eigenvalue weighted by Gasteiger charge is -2.26. The Balaban J connectivity index is 1.48. The summed E-state index contributed by atoms with van der Waals surface area (Å²) in [5.41, 5.74) is 5.13. The zero-order valence-electron chi connectivity index (χ0n) is 18.0. The molecule has 3 rings (SSSR count). The predicted octanol–water partition coefficient (Wildman–Crippen LogP) is 2.13. The summed E-state index contributed by atoms with van der Waals surface area (Å²) in [6.45, 7) is 7.35. The van der Waals surface area contributed by atoms with E-state index in [1.807, 2.05) is 6.07 Å². The van der Waals surface area contributed by atoms with Crippen LogP contribution in [0, 0.1) is 0 Å². The van der Waals surface area contributed by atoms with Gasteiger partial charge in [0.05, 0.1) is 20.8 Å². The van der Waals surface area contributed by atoms with E-state index < -0.39 is 0 Å². The first kappa shape index (κ1) is 21.2. The van der Waals surface area contributed by atoms with Crippen LogP contribution in [0.2, 0.25) is 0 Å². The van der Waals surface area contributed by atoms with Gasteiger partial charge in [0.1, 0.15) is 6.54 Å². The Morgan fingerprint density at radius 3 is 2.34 bits per heavy atom. The van der Waals surface area contributed by atoms with Crippen LogP contribution in [-0.2, 0) is 24.2 Å². The van der Waals surface area contributed by atoms with Gasteiger partial charge in [-0.15, -0.1) is 0 Å². The van der Waals surface area contributed by atoms with E-state index in [1.165, 1.54) is 27.2 Å². The molecule has 0 bridgehead atoms. The Labute approximate surface area is 174 Å². The number of hydrogen-bond acceptors (Lipinski definition) is 3. The minimum absolute atomic E-state index is 0.114. The molecule has 2 aromatic rings. The van der Waals surface area contributed by atoms with E-state index in [4.69, 9.17) is 9.47 Å². The van der Waals surface area contributed by atoms with Crippen LogP contribution in [0.4, 0.5) is 0 Å². The van der Waals surface area contributed by atoms with E-state index in [-0.39, 0.29) is 5.91 Å². The van der Waals surface area contributed by atoms with Gasteiger partial charge in [-0.05, 0) is 41.2 Å². The summed E-state index contributed by atoms with van der Waals surface area (Å²) < 4.78 is 10.8. The number of benzene rings is 2. The molecular weight excluding hydrogens is 364 g/mol. The van der Waals surface area contributed by atoms with Crippen molar-refractivity contribution in [1.29, 1.82) is 0 Å². The third kappa shape index (κ3) is 5.51. The summed E-state index contributed by atoms with van der Waals surface area (Å²) in [4.78, 5) is 13.7. The second-order valence-corrected chi connectivity index (χ2v) is 8.08. The highest BCUT2D eigenvalue weighted by Crippen LogP contribution is 2.31. The van der Waals surface area contributed by atoms with Gasteiger partial charge < -0.3 is 19.7 Å². The summed E-state index contributed by atoms with van der Waals surface area (Å²) in [5.74, 6) is 2.18. The molecule has 0 saturated carbocycles. The Hall–Kier alpha value is -2.53. The number of carbonyl (C=O) groups is 1. The number of amides is 1. The number of hydrogen-bond donors (Lipinski definition) is 2. The lowest BCUT2D eigenvalue weighted by Crippen LogP contribution is -3.12. The van der Waals surface area contributed by atoms with Gasteiger partial charge in [0.25, 0.3) is 5.91 Å². The largest absolute Gasteiger partial charge is 0.493 e. The summed E-state index contributed by atoms with van der Waals surface area (Å²) in [5, 5.41) is 3.08. The highest BCUT2D eigenvalue weighted by molar-refractivity contribution is 5.76. The molecule has 29 heavy (non-hydrogen) atoms. The summed E-state index contributed by atoms with van der Waals surface area (Å²) in [6, 6.07) is 12.8. The number of carbonyl (C=O) groups excluding carboxylic acids is 1. The Morgan fingerprint density at radius 2 is 1.72 bits per heavy atom. The lowest BCUT2D eigenvalue weighted by molar-refractivity contribution is -0.908. The molecule has 0 aliphatic carbocycles. The molecule has 2 N–H and O–H groups in total. The van der Waals surface area contributed by atoms with Crippen LogP contribution in [-0.4, -0.2) is 39.8 Å². The molecule has 1 unspecified atom stereocenters. The normalized spacial score (nSPS) is 15.7. The highest BCUT2D eigenvalue weighted by Gasteiger charge is 2.23. The van der Waals surface area contributed by atoms with Crippen molar-refractivity contribution in [2.75, 3.05) is 33.9 Å². The molecule has 1 aliphatic heterocycles. The molecule has 5 nitrogen and oxygen atoms in total. The Kier molecular flexibility index (Phi) is 7.15. The molecule has 1 amide bonds. The third-order valence-corrected chi connectivity index (χ3v) is 5.69. The third-order valence-electron chi connectivity index (χ3n) is 5.69. The average Bonchev–Trinajstić information content (AvgIpc) is 2.73. The van der Waals surface area contributed by atoms with Gasteiger partial charge in [0.15, 0.2) is 18.0 Å². The molecule has 0 fully saturated rings. The Morgan fingerprint density at radius 1 is 1.07 bits per heavy atom. The van der Waals surface area contributed by atoms with Crippen molar-refractivity contribution >= 4 is 5.91 Å². The number of methoxy groups -OCH3 is 2. The summed E-state index contributed by atoms with van der Waals surface area (Å²) in [7, 11) is 3.31. The van der Waals surface area contributed by atoms with Crippen molar-refractivity contribution in [1.82, 2.24) is 5.32 Å². The number of quaternary nitrogens is 1. The summed E-state index contributed by atoms with van der Waals surface area (Å²) >= 11 is 0. The lowest BCUT2D eigenvalue weighted by atomic mass is 9.99. The molecule has 0 aromatic heterocycles. The molecular formula is C24H33N2O3+. The number of rotatable bonds is 8. The topological polar surface area (TPSA) is 52.0 Å². The van der Waals surface area contributed by atoms with Crippen LogP contribution in [0.1, 0.15) is 42.0 Å². The first-order valence-electron chi connectivity index (χ1n) is 10.4. The van der Waals surface area contributed by atoms with Gasteiger partial charge >= 0.3 is 0 Å². The zero-order valence-corrected chi connectivity index (χ0v) is 18.0. The molecule has 0 spiro atoms. The van der Waals surface area contributed by atoms with Crippen molar-refractivity contribution in [3.05, 3.63) is 58.7 Å². The zero-order chi connectivity index (χ0) is 20.8. The molecule has 1 heterocycles. The van der Waals surface area contributed by atoms with Gasteiger partial charge in [0, 0.05) is 18.5 Å². The number of ether oxygens (including phenoxy) is 2. The maximum atomic E-state index is 12.4. The SMILES string of the molecule is COc1cc2c(cc1OC)C[NH+](CC(=O)NCCc1ccc(C(C)C)cc1)CC2. The van der Waals surface area contributed by atoms with Gasteiger partial charge in [-0.3, -0.25) is 4.79 Å². The van der Waals surface area contributed by atoms with Gasteiger partial charge in [-0.2, -0.15) is 0 Å². The standard InChI is InChI=1S/C24H32N2O3/c1-17(2)19-7-5-18(6-8-19)9-11-25-24(27)16-26-12-10-20-13-22(28-3)23(29-4)14-21(20)15-26/h5-8,13-14,17H,9-12,15-16H2,1-4H3,(H,25,27)/p+1. The first-order valence-corrected chi connectivity index (χ1v) is 10.4. The second kappa shape index (κ2) is 9.79. The minimum atomic E-state index is 0.114. The number of nitrogens with one attached hydrogen (secondary N) is 2. The minimum Gasteiger partial charge on any atom is -0.493 e.